The lowest BCUT2D eigenvalue weighted by Gasteiger charge is -2.06. The van der Waals surface area contributed by atoms with Crippen LogP contribution in [0.1, 0.15) is 16.1 Å². The molecule has 88 valence electrons. The highest BCUT2D eigenvalue weighted by atomic mass is 35.5. The van der Waals surface area contributed by atoms with Crippen molar-refractivity contribution in [1.82, 2.24) is 0 Å². The number of carboxylic acids is 1. The van der Waals surface area contributed by atoms with Crippen molar-refractivity contribution in [1.29, 1.82) is 0 Å². The minimum atomic E-state index is -1.03. The van der Waals surface area contributed by atoms with E-state index < -0.39 is 5.97 Å². The number of aromatic carboxylic acids is 1. The van der Waals surface area contributed by atoms with Crippen LogP contribution in [0.2, 0.25) is 5.02 Å². The average molecular weight is 269 g/mol. The minimum absolute atomic E-state index is 0.125. The predicted molar refractivity (Wildman–Crippen MR) is 66.0 cm³/mol. The lowest BCUT2D eigenvalue weighted by atomic mass is 10.2. The Balaban J connectivity index is 2.43. The molecule has 3 nitrogen and oxygen atoms in total. The molecule has 2 aromatic rings. The highest BCUT2D eigenvalue weighted by Crippen LogP contribution is 2.35. The van der Waals surface area contributed by atoms with E-state index in [2.05, 4.69) is 0 Å². The Morgan fingerprint density at radius 1 is 1.35 bits per heavy atom. The summed E-state index contributed by atoms with van der Waals surface area (Å²) in [6.07, 6.45) is 1.57. The summed E-state index contributed by atoms with van der Waals surface area (Å²) in [5.41, 5.74) is 0.125. The number of aryl methyl sites for hydroxylation is 1. The molecule has 0 fully saturated rings. The molecule has 0 amide bonds. The fourth-order valence-electron chi connectivity index (χ4n) is 1.39. The van der Waals surface area contributed by atoms with Gasteiger partial charge in [-0.05, 0) is 25.1 Å². The van der Waals surface area contributed by atoms with E-state index in [0.717, 1.165) is 10.7 Å². The molecular weight excluding hydrogens is 260 g/mol. The van der Waals surface area contributed by atoms with E-state index in [1.807, 2.05) is 6.92 Å². The third-order valence-electron chi connectivity index (χ3n) is 2.22. The summed E-state index contributed by atoms with van der Waals surface area (Å²) >= 11 is 7.22. The van der Waals surface area contributed by atoms with Crippen LogP contribution in [0.3, 0.4) is 0 Å². The van der Waals surface area contributed by atoms with Gasteiger partial charge in [0, 0.05) is 4.90 Å². The van der Waals surface area contributed by atoms with Crippen molar-refractivity contribution in [2.24, 2.45) is 0 Å². The van der Waals surface area contributed by atoms with E-state index in [1.54, 1.807) is 30.5 Å². The van der Waals surface area contributed by atoms with Gasteiger partial charge in [-0.25, -0.2) is 4.79 Å². The molecule has 1 heterocycles. The molecule has 1 aromatic carbocycles. The number of hydrogen-bond donors (Lipinski definition) is 1. The number of benzene rings is 1. The molecule has 5 heteroatoms. The number of hydrogen-bond acceptors (Lipinski definition) is 3. The van der Waals surface area contributed by atoms with Crippen molar-refractivity contribution < 1.29 is 14.3 Å². The van der Waals surface area contributed by atoms with Crippen LogP contribution in [0, 0.1) is 6.92 Å². The molecule has 0 spiro atoms. The summed E-state index contributed by atoms with van der Waals surface area (Å²) < 4.78 is 5.17. The summed E-state index contributed by atoms with van der Waals surface area (Å²) in [4.78, 5) is 12.6. The van der Waals surface area contributed by atoms with Crippen LogP contribution in [0.4, 0.5) is 0 Å². The first kappa shape index (κ1) is 12.1. The van der Waals surface area contributed by atoms with E-state index >= 15 is 0 Å². The van der Waals surface area contributed by atoms with Gasteiger partial charge in [0.25, 0.3) is 0 Å². The van der Waals surface area contributed by atoms with Gasteiger partial charge in [0.1, 0.15) is 5.76 Å². The van der Waals surface area contributed by atoms with E-state index in [4.69, 9.17) is 21.1 Å². The van der Waals surface area contributed by atoms with Gasteiger partial charge in [-0.15, -0.1) is 0 Å². The van der Waals surface area contributed by atoms with Crippen LogP contribution in [-0.4, -0.2) is 11.1 Å². The fourth-order valence-corrected chi connectivity index (χ4v) is 2.70. The maximum absolute atomic E-state index is 11.1. The van der Waals surface area contributed by atoms with Crippen LogP contribution in [0.25, 0.3) is 0 Å². The Morgan fingerprint density at radius 2 is 2.12 bits per heavy atom. The topological polar surface area (TPSA) is 50.4 Å². The first-order valence-corrected chi connectivity index (χ1v) is 6.03. The molecule has 0 bridgehead atoms. The maximum Gasteiger partial charge on any atom is 0.338 e. The second-order valence-electron chi connectivity index (χ2n) is 3.36. The molecule has 0 aliphatic carbocycles. The van der Waals surface area contributed by atoms with Crippen LogP contribution in [0.5, 0.6) is 0 Å². The van der Waals surface area contributed by atoms with E-state index in [-0.39, 0.29) is 10.6 Å². The third kappa shape index (κ3) is 2.48. The summed E-state index contributed by atoms with van der Waals surface area (Å²) in [6.45, 7) is 1.83. The second kappa shape index (κ2) is 4.85. The van der Waals surface area contributed by atoms with Gasteiger partial charge in [-0.2, -0.15) is 0 Å². The lowest BCUT2D eigenvalue weighted by molar-refractivity contribution is 0.0693. The minimum Gasteiger partial charge on any atom is -0.478 e. The van der Waals surface area contributed by atoms with Crippen molar-refractivity contribution in [3.63, 3.8) is 0 Å². The van der Waals surface area contributed by atoms with Gasteiger partial charge in [-0.3, -0.25) is 0 Å². The molecule has 0 aliphatic rings. The van der Waals surface area contributed by atoms with E-state index in [1.165, 1.54) is 11.8 Å². The predicted octanol–water partition coefficient (Wildman–Crippen LogP) is 4.09. The third-order valence-corrected chi connectivity index (χ3v) is 3.74. The zero-order valence-electron chi connectivity index (χ0n) is 8.94. The smallest absolute Gasteiger partial charge is 0.338 e. The Morgan fingerprint density at radius 3 is 2.71 bits per heavy atom. The fraction of sp³-hybridized carbons (Fsp3) is 0.0833. The first-order valence-electron chi connectivity index (χ1n) is 4.83. The zero-order valence-corrected chi connectivity index (χ0v) is 10.5. The van der Waals surface area contributed by atoms with Gasteiger partial charge < -0.3 is 9.52 Å². The number of halogens is 1. The molecule has 1 N–H and O–H groups in total. The highest BCUT2D eigenvalue weighted by Gasteiger charge is 2.16. The average Bonchev–Trinajstić information content (AvgIpc) is 2.64. The van der Waals surface area contributed by atoms with Crippen molar-refractivity contribution >= 4 is 29.3 Å². The molecule has 0 unspecified atom stereocenters. The number of carboxylic acid groups (broad SMARTS) is 1. The van der Waals surface area contributed by atoms with Crippen molar-refractivity contribution in [3.05, 3.63) is 46.9 Å². The maximum atomic E-state index is 11.1. The highest BCUT2D eigenvalue weighted by molar-refractivity contribution is 7.99. The SMILES string of the molecule is Cc1occc1Sc1cccc(Cl)c1C(=O)O. The van der Waals surface area contributed by atoms with Crippen molar-refractivity contribution in [3.8, 4) is 0 Å². The van der Waals surface area contributed by atoms with E-state index in [9.17, 15) is 4.79 Å². The Bertz CT molecular complexity index is 563. The molecule has 2 rings (SSSR count). The van der Waals surface area contributed by atoms with Gasteiger partial charge in [-0.1, -0.05) is 29.4 Å². The molecule has 17 heavy (non-hydrogen) atoms. The normalized spacial score (nSPS) is 10.5. The molecule has 0 aliphatic heterocycles. The molecule has 0 saturated heterocycles. The van der Waals surface area contributed by atoms with Gasteiger partial charge >= 0.3 is 5.97 Å². The summed E-state index contributed by atoms with van der Waals surface area (Å²) in [5, 5.41) is 9.36. The first-order chi connectivity index (χ1) is 8.09. The zero-order chi connectivity index (χ0) is 12.4. The van der Waals surface area contributed by atoms with E-state index in [0.29, 0.717) is 4.90 Å². The Labute approximate surface area is 107 Å². The molecule has 0 atom stereocenters. The lowest BCUT2D eigenvalue weighted by Crippen LogP contribution is -1.99. The number of rotatable bonds is 3. The van der Waals surface area contributed by atoms with Crippen LogP contribution in [0.15, 0.2) is 44.7 Å². The van der Waals surface area contributed by atoms with Gasteiger partial charge in [0.05, 0.1) is 21.7 Å². The van der Waals surface area contributed by atoms with Crippen molar-refractivity contribution in [2.75, 3.05) is 0 Å². The Kier molecular flexibility index (Phi) is 3.45. The molecule has 0 saturated carbocycles. The second-order valence-corrected chi connectivity index (χ2v) is 4.85. The quantitative estimate of drug-likeness (QED) is 0.911. The van der Waals surface area contributed by atoms with Crippen LogP contribution >= 0.6 is 23.4 Å². The van der Waals surface area contributed by atoms with Gasteiger partial charge in [0.2, 0.25) is 0 Å². The number of carbonyl (C=O) groups is 1. The van der Waals surface area contributed by atoms with Gasteiger partial charge in [0.15, 0.2) is 0 Å². The molecule has 1 aromatic heterocycles. The standard InChI is InChI=1S/C12H9ClO3S/c1-7-9(5-6-16-7)17-10-4-2-3-8(13)11(10)12(14)15/h2-6H,1H3,(H,14,15). The molecule has 0 radical (unpaired) electrons. The largest absolute Gasteiger partial charge is 0.478 e. The summed E-state index contributed by atoms with van der Waals surface area (Å²) in [6, 6.07) is 6.82. The Hall–Kier alpha value is -1.39. The van der Waals surface area contributed by atoms with Crippen molar-refractivity contribution in [2.45, 2.75) is 16.7 Å². The van der Waals surface area contributed by atoms with Crippen LogP contribution in [-0.2, 0) is 0 Å². The van der Waals surface area contributed by atoms with Crippen LogP contribution < -0.4 is 0 Å². The number of furan rings is 1. The monoisotopic (exact) mass is 268 g/mol. The summed E-state index contributed by atoms with van der Waals surface area (Å²) in [7, 11) is 0. The summed E-state index contributed by atoms with van der Waals surface area (Å²) in [5.74, 6) is -0.273. The molecular formula is C12H9ClO3S.